The molecule has 3 aliphatic rings. The molecule has 1 N–H and O–H groups in total. The van der Waals surface area contributed by atoms with E-state index in [4.69, 9.17) is 0 Å². The van der Waals surface area contributed by atoms with Crippen molar-refractivity contribution in [2.45, 2.75) is 44.2 Å². The Balaban J connectivity index is 1.37. The Labute approximate surface area is 179 Å². The van der Waals surface area contributed by atoms with Crippen molar-refractivity contribution in [1.82, 2.24) is 25.1 Å². The maximum Gasteiger partial charge on any atom is 0.223 e. The van der Waals surface area contributed by atoms with E-state index in [2.05, 4.69) is 30.0 Å². The number of H-pyrrole nitrogens is 1. The van der Waals surface area contributed by atoms with Gasteiger partial charge in [0, 0.05) is 31.6 Å². The van der Waals surface area contributed by atoms with Crippen molar-refractivity contribution in [3.63, 3.8) is 0 Å². The molecule has 31 heavy (non-hydrogen) atoms. The number of nitrogens with one attached hydrogen (secondary N) is 1. The SMILES string of the molecule is O=C1CCC[C@H]2[C@@H]3C[C@@H](CN(c4ncnc5[nH]ncc45)C3)[C@H](Cc3cccc(F)c3)N12. The Hall–Kier alpha value is -3.03. The van der Waals surface area contributed by atoms with Gasteiger partial charge in [0.1, 0.15) is 18.0 Å². The van der Waals surface area contributed by atoms with Gasteiger partial charge in [0.25, 0.3) is 0 Å². The lowest BCUT2D eigenvalue weighted by Gasteiger charge is -2.57. The zero-order valence-corrected chi connectivity index (χ0v) is 17.2. The van der Waals surface area contributed by atoms with E-state index < -0.39 is 0 Å². The largest absolute Gasteiger partial charge is 0.355 e. The van der Waals surface area contributed by atoms with Crippen LogP contribution in [0.3, 0.4) is 0 Å². The highest BCUT2D eigenvalue weighted by Gasteiger charge is 2.49. The minimum atomic E-state index is -0.221. The number of aromatic nitrogens is 4. The minimum absolute atomic E-state index is 0.0836. The predicted molar refractivity (Wildman–Crippen MR) is 114 cm³/mol. The van der Waals surface area contributed by atoms with Crippen molar-refractivity contribution in [3.8, 4) is 0 Å². The number of aromatic amines is 1. The highest BCUT2D eigenvalue weighted by molar-refractivity contribution is 5.86. The molecule has 1 aromatic carbocycles. The van der Waals surface area contributed by atoms with Crippen LogP contribution in [0.4, 0.5) is 10.2 Å². The van der Waals surface area contributed by atoms with Crippen LogP contribution < -0.4 is 4.90 Å². The molecule has 8 heteroatoms. The summed E-state index contributed by atoms with van der Waals surface area (Å²) >= 11 is 0. The lowest BCUT2D eigenvalue weighted by molar-refractivity contribution is -0.148. The van der Waals surface area contributed by atoms with Crippen LogP contribution in [0.25, 0.3) is 11.0 Å². The summed E-state index contributed by atoms with van der Waals surface area (Å²) in [7, 11) is 0. The van der Waals surface area contributed by atoms with E-state index >= 15 is 0 Å². The molecule has 3 aliphatic heterocycles. The number of carbonyl (C=O) groups excluding carboxylic acids is 1. The van der Waals surface area contributed by atoms with Crippen molar-refractivity contribution < 1.29 is 9.18 Å². The molecule has 0 radical (unpaired) electrons. The van der Waals surface area contributed by atoms with Gasteiger partial charge in [-0.05, 0) is 55.2 Å². The summed E-state index contributed by atoms with van der Waals surface area (Å²) in [6.07, 6.45) is 7.78. The lowest BCUT2D eigenvalue weighted by Crippen LogP contribution is -2.65. The number of piperidine rings is 3. The van der Waals surface area contributed by atoms with E-state index in [-0.39, 0.29) is 23.8 Å². The third kappa shape index (κ3) is 3.16. The van der Waals surface area contributed by atoms with Crippen LogP contribution in [0.1, 0.15) is 31.2 Å². The summed E-state index contributed by atoms with van der Waals surface area (Å²) in [5.74, 6) is 1.69. The third-order valence-corrected chi connectivity index (χ3v) is 7.36. The van der Waals surface area contributed by atoms with Crippen LogP contribution in [0.5, 0.6) is 0 Å². The number of hydrogen-bond acceptors (Lipinski definition) is 5. The molecule has 4 atom stereocenters. The zero-order chi connectivity index (χ0) is 20.9. The number of anilines is 1. The van der Waals surface area contributed by atoms with Crippen LogP contribution in [0.15, 0.2) is 36.8 Å². The average Bonchev–Trinajstić information content (AvgIpc) is 3.26. The smallest absolute Gasteiger partial charge is 0.223 e. The fraction of sp³-hybridized carbons (Fsp3) is 0.478. The van der Waals surface area contributed by atoms with Gasteiger partial charge >= 0.3 is 0 Å². The van der Waals surface area contributed by atoms with E-state index in [0.29, 0.717) is 24.7 Å². The maximum atomic E-state index is 13.9. The molecule has 0 aliphatic carbocycles. The monoisotopic (exact) mass is 420 g/mol. The topological polar surface area (TPSA) is 78.0 Å². The first-order valence-corrected chi connectivity index (χ1v) is 11.1. The van der Waals surface area contributed by atoms with Crippen molar-refractivity contribution >= 4 is 22.8 Å². The van der Waals surface area contributed by atoms with E-state index in [9.17, 15) is 9.18 Å². The van der Waals surface area contributed by atoms with Gasteiger partial charge < -0.3 is 9.80 Å². The molecule has 7 nitrogen and oxygen atoms in total. The number of fused-ring (bicyclic) bond motifs is 5. The highest BCUT2D eigenvalue weighted by atomic mass is 19.1. The second-order valence-electron chi connectivity index (χ2n) is 9.15. The molecule has 2 bridgehead atoms. The lowest BCUT2D eigenvalue weighted by atomic mass is 9.70. The van der Waals surface area contributed by atoms with Crippen LogP contribution in [-0.4, -0.2) is 56.1 Å². The number of rotatable bonds is 3. The fourth-order valence-electron chi connectivity index (χ4n) is 6.12. The summed E-state index contributed by atoms with van der Waals surface area (Å²) < 4.78 is 13.9. The Morgan fingerprint density at radius 3 is 3.00 bits per heavy atom. The Bertz CT molecular complexity index is 1130. The molecule has 6 rings (SSSR count). The van der Waals surface area contributed by atoms with E-state index in [1.54, 1.807) is 24.7 Å². The summed E-state index contributed by atoms with van der Waals surface area (Å²) in [4.78, 5) is 26.4. The van der Waals surface area contributed by atoms with Crippen LogP contribution >= 0.6 is 0 Å². The Morgan fingerprint density at radius 1 is 1.19 bits per heavy atom. The zero-order valence-electron chi connectivity index (χ0n) is 17.2. The standard InChI is InChI=1S/C23H25FN6O/c24-17-4-1-3-14(7-17)8-20-16-9-15(19-5-2-6-21(31)30(19)20)11-29(12-16)23-18-10-27-28-22(18)25-13-26-23/h1,3-4,7,10,13,15-16,19-20H,2,5-6,8-9,11-12H2,(H,25,26,27,28)/t15-,16+,19+,20+/m1/s1. The van der Waals surface area contributed by atoms with Gasteiger partial charge in [-0.15, -0.1) is 0 Å². The molecule has 0 spiro atoms. The predicted octanol–water partition coefficient (Wildman–Crippen LogP) is 2.94. The van der Waals surface area contributed by atoms with Crippen LogP contribution in [-0.2, 0) is 11.2 Å². The summed E-state index contributed by atoms with van der Waals surface area (Å²) in [5, 5.41) is 8.00. The molecular formula is C23H25FN6O. The summed E-state index contributed by atoms with van der Waals surface area (Å²) in [6.45, 7) is 1.71. The van der Waals surface area contributed by atoms with Gasteiger partial charge in [-0.3, -0.25) is 9.89 Å². The number of benzene rings is 1. The number of nitrogens with zero attached hydrogens (tertiary/aromatic N) is 5. The van der Waals surface area contributed by atoms with Gasteiger partial charge in [0.05, 0.1) is 11.6 Å². The van der Waals surface area contributed by atoms with E-state index in [1.807, 2.05) is 6.07 Å². The quantitative estimate of drug-likeness (QED) is 0.705. The molecule has 5 heterocycles. The second kappa shape index (κ2) is 7.28. The molecule has 3 aromatic rings. The Morgan fingerprint density at radius 2 is 2.10 bits per heavy atom. The van der Waals surface area contributed by atoms with Crippen LogP contribution in [0.2, 0.25) is 0 Å². The van der Waals surface area contributed by atoms with Crippen molar-refractivity contribution in [1.29, 1.82) is 0 Å². The highest BCUT2D eigenvalue weighted by Crippen LogP contribution is 2.43. The first-order chi connectivity index (χ1) is 15.2. The number of amides is 1. The number of halogens is 1. The van der Waals surface area contributed by atoms with Crippen molar-refractivity contribution in [2.75, 3.05) is 18.0 Å². The molecule has 1 amide bonds. The summed E-state index contributed by atoms with van der Waals surface area (Å²) in [6, 6.07) is 7.15. The molecule has 160 valence electrons. The van der Waals surface area contributed by atoms with E-state index in [1.165, 1.54) is 6.07 Å². The van der Waals surface area contributed by atoms with Gasteiger partial charge in [0.2, 0.25) is 5.91 Å². The van der Waals surface area contributed by atoms with Gasteiger partial charge in [-0.25, -0.2) is 14.4 Å². The molecule has 0 saturated carbocycles. The molecule has 3 fully saturated rings. The van der Waals surface area contributed by atoms with Crippen molar-refractivity contribution in [3.05, 3.63) is 48.2 Å². The van der Waals surface area contributed by atoms with Gasteiger partial charge in [0.15, 0.2) is 5.65 Å². The molecule has 0 unspecified atom stereocenters. The fourth-order valence-corrected chi connectivity index (χ4v) is 6.12. The molecular weight excluding hydrogens is 395 g/mol. The van der Waals surface area contributed by atoms with Gasteiger partial charge in [-0.1, -0.05) is 12.1 Å². The van der Waals surface area contributed by atoms with E-state index in [0.717, 1.165) is 54.8 Å². The number of carbonyl (C=O) groups is 1. The van der Waals surface area contributed by atoms with Crippen LogP contribution in [0, 0.1) is 17.7 Å². The maximum absolute atomic E-state index is 13.9. The first kappa shape index (κ1) is 18.7. The van der Waals surface area contributed by atoms with Gasteiger partial charge in [-0.2, -0.15) is 5.10 Å². The minimum Gasteiger partial charge on any atom is -0.355 e. The molecule has 2 aromatic heterocycles. The second-order valence-corrected chi connectivity index (χ2v) is 9.15. The van der Waals surface area contributed by atoms with Crippen molar-refractivity contribution in [2.24, 2.45) is 11.8 Å². The summed E-state index contributed by atoms with van der Waals surface area (Å²) in [5.41, 5.74) is 1.70. The third-order valence-electron chi connectivity index (χ3n) is 7.36. The normalized spacial score (nSPS) is 28.1. The Kier molecular flexibility index (Phi) is 4.40. The average molecular weight is 420 g/mol. The first-order valence-electron chi connectivity index (χ1n) is 11.1. The molecule has 3 saturated heterocycles. The number of hydrogen-bond donors (Lipinski definition) is 1.